The summed E-state index contributed by atoms with van der Waals surface area (Å²) in [5, 5.41) is 8.90. The number of aromatic amines is 1. The van der Waals surface area contributed by atoms with Crippen molar-refractivity contribution in [3.8, 4) is 11.4 Å². The molecule has 0 amide bonds. The van der Waals surface area contributed by atoms with Crippen molar-refractivity contribution in [2.75, 3.05) is 6.61 Å². The van der Waals surface area contributed by atoms with Crippen LogP contribution in [-0.2, 0) is 6.42 Å². The highest BCUT2D eigenvalue weighted by atomic mass is 79.9. The van der Waals surface area contributed by atoms with Gasteiger partial charge >= 0.3 is 0 Å². The SMILES string of the molecule is Cc1nc(-c2ccc(F)cc2Br)[nH]c(=O)c1CCO. The minimum Gasteiger partial charge on any atom is -0.396 e. The minimum atomic E-state index is -0.369. The number of halogens is 2. The molecule has 1 aromatic carbocycles. The Morgan fingerprint density at radius 1 is 1.47 bits per heavy atom. The van der Waals surface area contributed by atoms with Gasteiger partial charge in [0.15, 0.2) is 0 Å². The number of benzene rings is 1. The zero-order chi connectivity index (χ0) is 14.0. The third-order valence-electron chi connectivity index (χ3n) is 2.77. The molecule has 2 aromatic rings. The molecule has 0 aliphatic heterocycles. The molecule has 0 atom stereocenters. The predicted molar refractivity (Wildman–Crippen MR) is 73.5 cm³/mol. The van der Waals surface area contributed by atoms with Crippen molar-refractivity contribution < 1.29 is 9.50 Å². The van der Waals surface area contributed by atoms with Gasteiger partial charge in [-0.1, -0.05) is 0 Å². The molecule has 2 rings (SSSR count). The Kier molecular flexibility index (Phi) is 4.11. The van der Waals surface area contributed by atoms with Crippen LogP contribution in [0.1, 0.15) is 11.3 Å². The van der Waals surface area contributed by atoms with Gasteiger partial charge in [0.1, 0.15) is 11.6 Å². The summed E-state index contributed by atoms with van der Waals surface area (Å²) >= 11 is 3.24. The summed E-state index contributed by atoms with van der Waals surface area (Å²) in [7, 11) is 0. The molecule has 0 unspecified atom stereocenters. The van der Waals surface area contributed by atoms with E-state index in [0.717, 1.165) is 0 Å². The molecular formula is C13H12BrFN2O2. The Balaban J connectivity index is 2.55. The summed E-state index contributed by atoms with van der Waals surface area (Å²) in [6.07, 6.45) is 0.263. The molecule has 1 heterocycles. The third kappa shape index (κ3) is 2.90. The van der Waals surface area contributed by atoms with Gasteiger partial charge in [0, 0.05) is 34.3 Å². The summed E-state index contributed by atoms with van der Waals surface area (Å²) in [6, 6.07) is 4.16. The van der Waals surface area contributed by atoms with Gasteiger partial charge in [-0.15, -0.1) is 0 Å². The second-order valence-electron chi connectivity index (χ2n) is 4.08. The van der Waals surface area contributed by atoms with Crippen LogP contribution in [0.2, 0.25) is 0 Å². The fourth-order valence-corrected chi connectivity index (χ4v) is 2.36. The zero-order valence-corrected chi connectivity index (χ0v) is 11.8. The van der Waals surface area contributed by atoms with Crippen molar-refractivity contribution >= 4 is 15.9 Å². The van der Waals surface area contributed by atoms with Crippen molar-refractivity contribution in [2.45, 2.75) is 13.3 Å². The van der Waals surface area contributed by atoms with E-state index >= 15 is 0 Å². The van der Waals surface area contributed by atoms with Gasteiger partial charge in [-0.3, -0.25) is 4.79 Å². The van der Waals surface area contributed by atoms with E-state index in [2.05, 4.69) is 25.9 Å². The van der Waals surface area contributed by atoms with Gasteiger partial charge < -0.3 is 10.1 Å². The van der Waals surface area contributed by atoms with E-state index in [1.165, 1.54) is 12.1 Å². The Labute approximate surface area is 117 Å². The van der Waals surface area contributed by atoms with Crippen LogP contribution in [-0.4, -0.2) is 21.7 Å². The Morgan fingerprint density at radius 3 is 2.79 bits per heavy atom. The molecule has 0 spiro atoms. The molecule has 0 aliphatic carbocycles. The average Bonchev–Trinajstić information content (AvgIpc) is 2.33. The largest absolute Gasteiger partial charge is 0.396 e. The lowest BCUT2D eigenvalue weighted by Gasteiger charge is -2.08. The summed E-state index contributed by atoms with van der Waals surface area (Å²) in [5.41, 5.74) is 1.35. The van der Waals surface area contributed by atoms with Crippen LogP contribution < -0.4 is 5.56 Å². The molecule has 0 bridgehead atoms. The number of rotatable bonds is 3. The topological polar surface area (TPSA) is 66.0 Å². The zero-order valence-electron chi connectivity index (χ0n) is 10.2. The Morgan fingerprint density at radius 2 is 2.21 bits per heavy atom. The minimum absolute atomic E-state index is 0.106. The number of aliphatic hydroxyl groups excluding tert-OH is 1. The number of H-pyrrole nitrogens is 1. The van der Waals surface area contributed by atoms with Gasteiger partial charge in [0.2, 0.25) is 0 Å². The fourth-order valence-electron chi connectivity index (χ4n) is 1.83. The van der Waals surface area contributed by atoms with Gasteiger partial charge in [0.05, 0.1) is 0 Å². The molecular weight excluding hydrogens is 315 g/mol. The number of hydrogen-bond acceptors (Lipinski definition) is 3. The molecule has 0 fully saturated rings. The fraction of sp³-hybridized carbons (Fsp3) is 0.231. The van der Waals surface area contributed by atoms with Crippen molar-refractivity contribution in [1.82, 2.24) is 9.97 Å². The van der Waals surface area contributed by atoms with Gasteiger partial charge in [-0.05, 0) is 41.1 Å². The van der Waals surface area contributed by atoms with Crippen LogP contribution in [0.5, 0.6) is 0 Å². The molecule has 0 saturated heterocycles. The van der Waals surface area contributed by atoms with E-state index in [9.17, 15) is 9.18 Å². The maximum absolute atomic E-state index is 13.0. The molecule has 1 aromatic heterocycles. The second-order valence-corrected chi connectivity index (χ2v) is 4.93. The first-order valence-electron chi connectivity index (χ1n) is 5.69. The number of aromatic nitrogens is 2. The molecule has 6 heteroatoms. The smallest absolute Gasteiger partial charge is 0.254 e. The number of nitrogens with one attached hydrogen (secondary N) is 1. The normalized spacial score (nSPS) is 10.7. The average molecular weight is 327 g/mol. The van der Waals surface area contributed by atoms with Crippen LogP contribution in [0, 0.1) is 12.7 Å². The van der Waals surface area contributed by atoms with Crippen LogP contribution in [0.25, 0.3) is 11.4 Å². The molecule has 100 valence electrons. The molecule has 0 radical (unpaired) electrons. The maximum atomic E-state index is 13.0. The standard InChI is InChI=1S/C13H12BrFN2O2/c1-7-9(4-5-18)13(19)17-12(16-7)10-3-2-8(15)6-11(10)14/h2-3,6,18H,4-5H2,1H3,(H,16,17,19). The van der Waals surface area contributed by atoms with Crippen molar-refractivity contribution in [3.05, 3.63) is 50.1 Å². The number of nitrogens with zero attached hydrogens (tertiary/aromatic N) is 1. The summed E-state index contributed by atoms with van der Waals surface area (Å²) in [5.74, 6) is 0.00246. The lowest BCUT2D eigenvalue weighted by molar-refractivity contribution is 0.298. The van der Waals surface area contributed by atoms with Gasteiger partial charge in [-0.25, -0.2) is 9.37 Å². The Bertz CT molecular complexity index is 670. The summed E-state index contributed by atoms with van der Waals surface area (Å²) in [6.45, 7) is 1.60. The second kappa shape index (κ2) is 5.63. The van der Waals surface area contributed by atoms with Gasteiger partial charge in [-0.2, -0.15) is 0 Å². The Hall–Kier alpha value is -1.53. The highest BCUT2D eigenvalue weighted by Crippen LogP contribution is 2.26. The molecule has 0 saturated carbocycles. The van der Waals surface area contributed by atoms with E-state index in [4.69, 9.17) is 5.11 Å². The van der Waals surface area contributed by atoms with Crippen LogP contribution in [0.3, 0.4) is 0 Å². The van der Waals surface area contributed by atoms with Crippen LogP contribution in [0.4, 0.5) is 4.39 Å². The van der Waals surface area contributed by atoms with Gasteiger partial charge in [0.25, 0.3) is 5.56 Å². The quantitative estimate of drug-likeness (QED) is 0.908. The first-order valence-corrected chi connectivity index (χ1v) is 6.48. The monoisotopic (exact) mass is 326 g/mol. The first-order chi connectivity index (χ1) is 9.02. The lowest BCUT2D eigenvalue weighted by atomic mass is 10.1. The van der Waals surface area contributed by atoms with Crippen LogP contribution in [0.15, 0.2) is 27.5 Å². The van der Waals surface area contributed by atoms with E-state index < -0.39 is 0 Å². The van der Waals surface area contributed by atoms with Crippen LogP contribution >= 0.6 is 15.9 Å². The predicted octanol–water partition coefficient (Wildman–Crippen LogP) is 2.18. The molecule has 4 nitrogen and oxygen atoms in total. The lowest BCUT2D eigenvalue weighted by Crippen LogP contribution is -2.18. The number of hydrogen-bond donors (Lipinski definition) is 2. The van der Waals surface area contributed by atoms with Crippen molar-refractivity contribution in [3.63, 3.8) is 0 Å². The highest BCUT2D eigenvalue weighted by Gasteiger charge is 2.11. The number of aliphatic hydroxyl groups is 1. The maximum Gasteiger partial charge on any atom is 0.254 e. The highest BCUT2D eigenvalue weighted by molar-refractivity contribution is 9.10. The van der Waals surface area contributed by atoms with Crippen molar-refractivity contribution in [2.24, 2.45) is 0 Å². The number of aryl methyl sites for hydroxylation is 1. The summed E-state index contributed by atoms with van der Waals surface area (Å²) < 4.78 is 13.6. The molecule has 0 aliphatic rings. The van der Waals surface area contributed by atoms with Crippen molar-refractivity contribution in [1.29, 1.82) is 0 Å². The first kappa shape index (κ1) is 13.9. The van der Waals surface area contributed by atoms with E-state index in [0.29, 0.717) is 27.1 Å². The van der Waals surface area contributed by atoms with E-state index in [1.807, 2.05) is 0 Å². The summed E-state index contributed by atoms with van der Waals surface area (Å²) in [4.78, 5) is 18.8. The third-order valence-corrected chi connectivity index (χ3v) is 3.43. The van der Waals surface area contributed by atoms with E-state index in [-0.39, 0.29) is 24.4 Å². The van der Waals surface area contributed by atoms with E-state index in [1.54, 1.807) is 13.0 Å². The molecule has 19 heavy (non-hydrogen) atoms. The molecule has 2 N–H and O–H groups in total.